The van der Waals surface area contributed by atoms with Crippen LogP contribution in [0.15, 0.2) is 0 Å². The fourth-order valence-corrected chi connectivity index (χ4v) is 1.49. The Morgan fingerprint density at radius 1 is 1.44 bits per heavy atom. The van der Waals surface area contributed by atoms with Crippen LogP contribution in [0.3, 0.4) is 0 Å². The Labute approximate surface area is 57.1 Å². The van der Waals surface area contributed by atoms with Crippen LogP contribution in [0.25, 0.3) is 0 Å². The molecule has 1 aliphatic rings. The Morgan fingerprint density at radius 2 is 2.11 bits per heavy atom. The lowest BCUT2D eigenvalue weighted by Crippen LogP contribution is -2.35. The molecule has 1 nitrogen and oxygen atoms in total. The van der Waals surface area contributed by atoms with Crippen molar-refractivity contribution in [3.8, 4) is 0 Å². The molecule has 0 amide bonds. The molecule has 1 heteroatoms. The summed E-state index contributed by atoms with van der Waals surface area (Å²) in [6, 6.07) is 0. The van der Waals surface area contributed by atoms with Gasteiger partial charge in [0.1, 0.15) is 0 Å². The van der Waals surface area contributed by atoms with E-state index in [1.165, 1.54) is 19.3 Å². The van der Waals surface area contributed by atoms with Gasteiger partial charge in [0.15, 0.2) is 0 Å². The van der Waals surface area contributed by atoms with Gasteiger partial charge in [-0.25, -0.2) is 0 Å². The molecule has 2 atom stereocenters. The fourth-order valence-electron chi connectivity index (χ4n) is 1.49. The van der Waals surface area contributed by atoms with Crippen molar-refractivity contribution in [2.45, 2.75) is 45.1 Å². The molecule has 1 saturated carbocycles. The highest BCUT2D eigenvalue weighted by Gasteiger charge is 2.30. The van der Waals surface area contributed by atoms with E-state index in [-0.39, 0.29) is 5.60 Å². The summed E-state index contributed by atoms with van der Waals surface area (Å²) in [7, 11) is 0. The lowest BCUT2D eigenvalue weighted by Gasteiger charge is -2.34. The van der Waals surface area contributed by atoms with Crippen molar-refractivity contribution in [1.29, 1.82) is 0 Å². The number of rotatable bonds is 0. The maximum absolute atomic E-state index is 9.64. The fraction of sp³-hybridized carbons (Fsp3) is 1.00. The molecule has 1 unspecified atom stereocenters. The summed E-state index contributed by atoms with van der Waals surface area (Å²) in [6.45, 7) is 4.09. The molecule has 0 spiro atoms. The van der Waals surface area contributed by atoms with Gasteiger partial charge >= 0.3 is 0 Å². The van der Waals surface area contributed by atoms with Crippen molar-refractivity contribution in [3.05, 3.63) is 0 Å². The lowest BCUT2D eigenvalue weighted by atomic mass is 9.78. The first-order chi connectivity index (χ1) is 4.13. The minimum absolute atomic E-state index is 0.363. The zero-order valence-corrected chi connectivity index (χ0v) is 6.35. The molecule has 0 aliphatic heterocycles. The average Bonchev–Trinajstić information content (AvgIpc) is 1.77. The Balaban J connectivity index is 2.49. The Bertz CT molecular complexity index is 96.7. The molecule has 0 aromatic carbocycles. The van der Waals surface area contributed by atoms with Crippen LogP contribution in [0.2, 0.25) is 0 Å². The molecule has 0 bridgehead atoms. The van der Waals surface area contributed by atoms with Crippen LogP contribution in [0, 0.1) is 5.92 Å². The molecular weight excluding hydrogens is 112 g/mol. The van der Waals surface area contributed by atoms with Gasteiger partial charge < -0.3 is 5.11 Å². The number of hydrogen-bond donors (Lipinski definition) is 1. The van der Waals surface area contributed by atoms with E-state index in [9.17, 15) is 5.11 Å². The van der Waals surface area contributed by atoms with Crippen LogP contribution in [-0.2, 0) is 0 Å². The average molecular weight is 128 g/mol. The monoisotopic (exact) mass is 128 g/mol. The maximum Gasteiger partial charge on any atom is 0.0645 e. The Kier molecular flexibility index (Phi) is 1.80. The van der Waals surface area contributed by atoms with Gasteiger partial charge in [-0.2, -0.15) is 0 Å². The van der Waals surface area contributed by atoms with E-state index in [0.717, 1.165) is 6.42 Å². The smallest absolute Gasteiger partial charge is 0.0645 e. The second kappa shape index (κ2) is 2.30. The Hall–Kier alpha value is -0.0400. The summed E-state index contributed by atoms with van der Waals surface area (Å²) >= 11 is 0. The van der Waals surface area contributed by atoms with Gasteiger partial charge in [-0.3, -0.25) is 0 Å². The molecule has 9 heavy (non-hydrogen) atoms. The van der Waals surface area contributed by atoms with Gasteiger partial charge in [-0.15, -0.1) is 0 Å². The molecule has 0 radical (unpaired) electrons. The predicted molar refractivity (Wildman–Crippen MR) is 38.3 cm³/mol. The van der Waals surface area contributed by atoms with E-state index >= 15 is 0 Å². The predicted octanol–water partition coefficient (Wildman–Crippen LogP) is 1.95. The first kappa shape index (κ1) is 7.07. The molecule has 0 saturated heterocycles. The van der Waals surface area contributed by atoms with Crippen LogP contribution in [0.5, 0.6) is 0 Å². The quantitative estimate of drug-likeness (QED) is 0.528. The number of hydrogen-bond acceptors (Lipinski definition) is 1. The summed E-state index contributed by atoms with van der Waals surface area (Å²) in [6.07, 6.45) is 4.70. The highest BCUT2D eigenvalue weighted by Crippen LogP contribution is 2.32. The van der Waals surface area contributed by atoms with Gasteiger partial charge in [-0.05, 0) is 25.7 Å². The van der Waals surface area contributed by atoms with E-state index < -0.39 is 0 Å². The topological polar surface area (TPSA) is 20.2 Å². The van der Waals surface area contributed by atoms with Gasteiger partial charge in [0.05, 0.1) is 5.60 Å². The van der Waals surface area contributed by atoms with E-state index in [1.54, 1.807) is 0 Å². The Morgan fingerprint density at radius 3 is 2.44 bits per heavy atom. The van der Waals surface area contributed by atoms with Crippen LogP contribution >= 0.6 is 0 Å². The van der Waals surface area contributed by atoms with Crippen molar-refractivity contribution < 1.29 is 5.11 Å². The van der Waals surface area contributed by atoms with E-state index in [0.29, 0.717) is 5.92 Å². The molecule has 1 fully saturated rings. The minimum Gasteiger partial charge on any atom is -0.390 e. The molecule has 1 rings (SSSR count). The normalized spacial score (nSPS) is 45.0. The van der Waals surface area contributed by atoms with Gasteiger partial charge in [0.2, 0.25) is 0 Å². The van der Waals surface area contributed by atoms with Crippen molar-refractivity contribution in [1.82, 2.24) is 0 Å². The third kappa shape index (κ3) is 1.45. The van der Waals surface area contributed by atoms with Crippen LogP contribution in [-0.4, -0.2) is 10.7 Å². The molecule has 0 heterocycles. The highest BCUT2D eigenvalue weighted by atomic mass is 16.3. The standard InChI is InChI=1S/C8H16O/c1-7-5-3-4-6-8(7,2)9/h7,9H,3-6H2,1-2H3/t7-,8?/m1/s1. The van der Waals surface area contributed by atoms with Crippen LogP contribution in [0.4, 0.5) is 0 Å². The maximum atomic E-state index is 9.64. The molecule has 0 aromatic heterocycles. The highest BCUT2D eigenvalue weighted by molar-refractivity contribution is 4.82. The van der Waals surface area contributed by atoms with E-state index in [4.69, 9.17) is 0 Å². The second-order valence-electron chi connectivity index (χ2n) is 3.50. The molecule has 0 aromatic rings. The van der Waals surface area contributed by atoms with E-state index in [2.05, 4.69) is 6.92 Å². The summed E-state index contributed by atoms with van der Waals surface area (Å²) in [5.74, 6) is 0.506. The lowest BCUT2D eigenvalue weighted by molar-refractivity contribution is -0.0239. The largest absolute Gasteiger partial charge is 0.390 e. The van der Waals surface area contributed by atoms with E-state index in [1.807, 2.05) is 6.92 Å². The minimum atomic E-state index is -0.363. The third-order valence-electron chi connectivity index (χ3n) is 2.63. The van der Waals surface area contributed by atoms with Crippen molar-refractivity contribution in [3.63, 3.8) is 0 Å². The zero-order chi connectivity index (χ0) is 6.91. The summed E-state index contributed by atoms with van der Waals surface area (Å²) < 4.78 is 0. The first-order valence-corrected chi connectivity index (χ1v) is 3.85. The summed E-state index contributed by atoms with van der Waals surface area (Å²) in [5.41, 5.74) is -0.363. The van der Waals surface area contributed by atoms with Gasteiger partial charge in [0.25, 0.3) is 0 Å². The molecular formula is C8H16O. The van der Waals surface area contributed by atoms with Gasteiger partial charge in [0, 0.05) is 0 Å². The first-order valence-electron chi connectivity index (χ1n) is 3.85. The number of aliphatic hydroxyl groups is 1. The van der Waals surface area contributed by atoms with Gasteiger partial charge in [-0.1, -0.05) is 19.8 Å². The zero-order valence-electron chi connectivity index (χ0n) is 6.35. The van der Waals surface area contributed by atoms with Crippen LogP contribution < -0.4 is 0 Å². The van der Waals surface area contributed by atoms with Crippen LogP contribution in [0.1, 0.15) is 39.5 Å². The third-order valence-corrected chi connectivity index (χ3v) is 2.63. The molecule has 1 N–H and O–H groups in total. The van der Waals surface area contributed by atoms with Crippen molar-refractivity contribution in [2.75, 3.05) is 0 Å². The summed E-state index contributed by atoms with van der Waals surface area (Å²) in [5, 5.41) is 9.64. The van der Waals surface area contributed by atoms with Crippen molar-refractivity contribution in [2.24, 2.45) is 5.92 Å². The SMILES string of the molecule is C[C@@H]1CCCCC1(C)O. The summed E-state index contributed by atoms with van der Waals surface area (Å²) in [4.78, 5) is 0. The molecule has 54 valence electrons. The second-order valence-corrected chi connectivity index (χ2v) is 3.50. The molecule has 1 aliphatic carbocycles. The van der Waals surface area contributed by atoms with Crippen molar-refractivity contribution >= 4 is 0 Å².